The Bertz CT molecular complexity index is 694. The van der Waals surface area contributed by atoms with Crippen molar-refractivity contribution in [1.29, 1.82) is 0 Å². The van der Waals surface area contributed by atoms with Gasteiger partial charge in [-0.1, -0.05) is 12.1 Å². The number of amides is 1. The van der Waals surface area contributed by atoms with Crippen LogP contribution in [0.3, 0.4) is 0 Å². The lowest BCUT2D eigenvalue weighted by molar-refractivity contribution is -0.121. The molecule has 1 aromatic rings. The molecule has 1 saturated heterocycles. The fourth-order valence-electron chi connectivity index (χ4n) is 2.55. The number of anilines is 1. The van der Waals surface area contributed by atoms with E-state index in [4.69, 9.17) is 0 Å². The van der Waals surface area contributed by atoms with Gasteiger partial charge in [-0.2, -0.15) is 5.10 Å². The Balaban J connectivity index is 1.90. The fourth-order valence-corrected chi connectivity index (χ4v) is 4.41. The van der Waals surface area contributed by atoms with Gasteiger partial charge in [0, 0.05) is 26.2 Å². The van der Waals surface area contributed by atoms with Crippen LogP contribution in [0.15, 0.2) is 29.4 Å². The zero-order valence-corrected chi connectivity index (χ0v) is 14.6. The van der Waals surface area contributed by atoms with E-state index in [0.717, 1.165) is 11.3 Å². The summed E-state index contributed by atoms with van der Waals surface area (Å²) in [5.74, 6) is -0.0353. The molecule has 0 aromatic heterocycles. The van der Waals surface area contributed by atoms with Crippen LogP contribution in [-0.2, 0) is 14.6 Å². The summed E-state index contributed by atoms with van der Waals surface area (Å²) < 4.78 is 22.8. The number of nitrogens with one attached hydrogen (secondary N) is 1. The molecule has 23 heavy (non-hydrogen) atoms. The maximum atomic E-state index is 11.9. The minimum atomic E-state index is -2.95. The molecule has 0 saturated carbocycles. The summed E-state index contributed by atoms with van der Waals surface area (Å²) in [6.07, 6.45) is 0.764. The van der Waals surface area contributed by atoms with Gasteiger partial charge in [0.2, 0.25) is 5.91 Å². The van der Waals surface area contributed by atoms with Crippen LogP contribution in [-0.4, -0.2) is 45.6 Å². The molecule has 1 amide bonds. The molecule has 0 spiro atoms. The topological polar surface area (TPSA) is 78.8 Å². The second-order valence-electron chi connectivity index (χ2n) is 6.15. The average molecular weight is 337 g/mol. The van der Waals surface area contributed by atoms with Gasteiger partial charge in [0.15, 0.2) is 9.84 Å². The monoisotopic (exact) mass is 337 g/mol. The lowest BCUT2D eigenvalue weighted by Crippen LogP contribution is -2.22. The van der Waals surface area contributed by atoms with Crippen LogP contribution in [0.1, 0.15) is 25.3 Å². The molecular formula is C16H23N3O3S. The summed E-state index contributed by atoms with van der Waals surface area (Å²) in [5.41, 5.74) is 5.25. The van der Waals surface area contributed by atoms with E-state index in [9.17, 15) is 13.2 Å². The van der Waals surface area contributed by atoms with E-state index in [0.29, 0.717) is 12.1 Å². The van der Waals surface area contributed by atoms with E-state index in [2.05, 4.69) is 10.5 Å². The number of benzene rings is 1. The Morgan fingerprint density at radius 3 is 2.48 bits per heavy atom. The van der Waals surface area contributed by atoms with Gasteiger partial charge in [-0.3, -0.25) is 4.79 Å². The molecule has 1 aliphatic rings. The molecule has 0 radical (unpaired) electrons. The van der Waals surface area contributed by atoms with Crippen LogP contribution < -0.4 is 10.3 Å². The molecular weight excluding hydrogens is 314 g/mol. The number of sulfone groups is 1. The molecule has 7 heteroatoms. The first kappa shape index (κ1) is 17.5. The van der Waals surface area contributed by atoms with Crippen molar-refractivity contribution in [1.82, 2.24) is 5.43 Å². The van der Waals surface area contributed by atoms with Gasteiger partial charge < -0.3 is 4.90 Å². The first-order valence-corrected chi connectivity index (χ1v) is 9.40. The highest BCUT2D eigenvalue weighted by atomic mass is 32.2. The van der Waals surface area contributed by atoms with Crippen molar-refractivity contribution >= 4 is 27.1 Å². The van der Waals surface area contributed by atoms with Crippen LogP contribution >= 0.6 is 0 Å². The Morgan fingerprint density at radius 2 is 1.96 bits per heavy atom. The van der Waals surface area contributed by atoms with Gasteiger partial charge in [-0.15, -0.1) is 0 Å². The number of carbonyl (C=O) groups is 1. The van der Waals surface area contributed by atoms with Crippen molar-refractivity contribution in [3.8, 4) is 0 Å². The van der Waals surface area contributed by atoms with Gasteiger partial charge >= 0.3 is 0 Å². The summed E-state index contributed by atoms with van der Waals surface area (Å²) in [6, 6.07) is 7.87. The van der Waals surface area contributed by atoms with E-state index >= 15 is 0 Å². The van der Waals surface area contributed by atoms with Crippen molar-refractivity contribution in [2.45, 2.75) is 19.8 Å². The van der Waals surface area contributed by atoms with Crippen LogP contribution in [0.25, 0.3) is 0 Å². The third-order valence-electron chi connectivity index (χ3n) is 3.95. The van der Waals surface area contributed by atoms with Crippen molar-refractivity contribution in [3.05, 3.63) is 29.8 Å². The van der Waals surface area contributed by atoms with Crippen molar-refractivity contribution in [3.63, 3.8) is 0 Å². The molecule has 6 nitrogen and oxygen atoms in total. The quantitative estimate of drug-likeness (QED) is 0.651. The first-order valence-electron chi connectivity index (χ1n) is 7.58. The minimum absolute atomic E-state index is 0.0881. The van der Waals surface area contributed by atoms with Gasteiger partial charge in [-0.25, -0.2) is 13.8 Å². The number of hydrazone groups is 1. The van der Waals surface area contributed by atoms with Gasteiger partial charge in [0.25, 0.3) is 0 Å². The molecule has 126 valence electrons. The van der Waals surface area contributed by atoms with Gasteiger partial charge in [-0.05, 0) is 37.0 Å². The van der Waals surface area contributed by atoms with E-state index in [-0.39, 0.29) is 29.8 Å². The highest BCUT2D eigenvalue weighted by Gasteiger charge is 2.29. The minimum Gasteiger partial charge on any atom is -0.378 e. The summed E-state index contributed by atoms with van der Waals surface area (Å²) >= 11 is 0. The summed E-state index contributed by atoms with van der Waals surface area (Å²) in [7, 11) is 0.997. The first-order chi connectivity index (χ1) is 10.8. The normalized spacial score (nSPS) is 20.3. The zero-order chi connectivity index (χ0) is 17.0. The number of nitrogens with zero attached hydrogens (tertiary/aromatic N) is 2. The number of hydrogen-bond acceptors (Lipinski definition) is 5. The molecule has 1 N–H and O–H groups in total. The second kappa shape index (κ2) is 7.12. The molecule has 2 rings (SSSR count). The molecule has 1 heterocycles. The Hall–Kier alpha value is -1.89. The van der Waals surface area contributed by atoms with Crippen LogP contribution in [0.4, 0.5) is 5.69 Å². The third-order valence-corrected chi connectivity index (χ3v) is 5.79. The summed E-state index contributed by atoms with van der Waals surface area (Å²) in [5, 5.41) is 4.10. The summed E-state index contributed by atoms with van der Waals surface area (Å²) in [6.45, 7) is 1.82. The Morgan fingerprint density at radius 1 is 1.30 bits per heavy atom. The fraction of sp³-hybridized carbons (Fsp3) is 0.500. The zero-order valence-electron chi connectivity index (χ0n) is 13.7. The van der Waals surface area contributed by atoms with Crippen LogP contribution in [0.2, 0.25) is 0 Å². The van der Waals surface area contributed by atoms with Crippen molar-refractivity contribution in [2.24, 2.45) is 11.0 Å². The van der Waals surface area contributed by atoms with Gasteiger partial charge in [0.05, 0.1) is 17.2 Å². The Kier molecular flexibility index (Phi) is 5.41. The molecule has 1 atom stereocenters. The number of rotatable bonds is 5. The summed E-state index contributed by atoms with van der Waals surface area (Å²) in [4.78, 5) is 13.9. The molecule has 1 aromatic carbocycles. The SMILES string of the molecule is C/C(=N/NC(=O)C[C@@H]1CCS(=O)(=O)C1)c1ccc(N(C)C)cc1. The average Bonchev–Trinajstić information content (AvgIpc) is 2.83. The number of hydrogen-bond donors (Lipinski definition) is 1. The Labute approximate surface area is 137 Å². The van der Waals surface area contributed by atoms with E-state index in [1.54, 1.807) is 0 Å². The molecule has 0 unspecified atom stereocenters. The maximum absolute atomic E-state index is 11.9. The largest absolute Gasteiger partial charge is 0.378 e. The molecule has 1 fully saturated rings. The van der Waals surface area contributed by atoms with E-state index < -0.39 is 9.84 Å². The lowest BCUT2D eigenvalue weighted by atomic mass is 10.1. The maximum Gasteiger partial charge on any atom is 0.240 e. The predicted molar refractivity (Wildman–Crippen MR) is 92.5 cm³/mol. The smallest absolute Gasteiger partial charge is 0.240 e. The highest BCUT2D eigenvalue weighted by molar-refractivity contribution is 7.91. The van der Waals surface area contributed by atoms with Crippen molar-refractivity contribution in [2.75, 3.05) is 30.5 Å². The molecule has 1 aliphatic heterocycles. The number of carbonyl (C=O) groups excluding carboxylic acids is 1. The van der Waals surface area contributed by atoms with Gasteiger partial charge in [0.1, 0.15) is 0 Å². The van der Waals surface area contributed by atoms with E-state index in [1.807, 2.05) is 50.2 Å². The van der Waals surface area contributed by atoms with E-state index in [1.165, 1.54) is 0 Å². The predicted octanol–water partition coefficient (Wildman–Crippen LogP) is 1.42. The standard InChI is InChI=1S/C16H23N3O3S/c1-12(14-4-6-15(7-5-14)19(2)3)17-18-16(20)10-13-8-9-23(21,22)11-13/h4-7,13H,8-11H2,1-3H3,(H,18,20)/b17-12-/t13-/m0/s1. The third kappa shape index (κ3) is 5.06. The van der Waals surface area contributed by atoms with Crippen LogP contribution in [0, 0.1) is 5.92 Å². The second-order valence-corrected chi connectivity index (χ2v) is 8.38. The molecule has 0 bridgehead atoms. The van der Waals surface area contributed by atoms with Crippen molar-refractivity contribution < 1.29 is 13.2 Å². The highest BCUT2D eigenvalue weighted by Crippen LogP contribution is 2.21. The van der Waals surface area contributed by atoms with Crippen LogP contribution in [0.5, 0.6) is 0 Å². The molecule has 0 aliphatic carbocycles. The lowest BCUT2D eigenvalue weighted by Gasteiger charge is -2.12.